The Morgan fingerprint density at radius 1 is 1.00 bits per heavy atom. The van der Waals surface area contributed by atoms with Crippen LogP contribution in [0.15, 0.2) is 0 Å². The van der Waals surface area contributed by atoms with Crippen LogP contribution in [-0.4, -0.2) is 12.2 Å². The maximum absolute atomic E-state index is 5.34. The molecule has 0 radical (unpaired) electrons. The quantitative estimate of drug-likeness (QED) is 0.460. The molecule has 0 unspecified atom stereocenters. The van der Waals surface area contributed by atoms with Crippen LogP contribution < -0.4 is 0 Å². The van der Waals surface area contributed by atoms with Crippen molar-refractivity contribution in [1.29, 1.82) is 0 Å². The summed E-state index contributed by atoms with van der Waals surface area (Å²) in [6.07, 6.45) is 2.47. The monoisotopic (exact) mass is 226 g/mol. The lowest BCUT2D eigenvalue weighted by atomic mass is 10.1. The fourth-order valence-corrected chi connectivity index (χ4v) is 0.919. The maximum Gasteiger partial charge on any atom is 0.0627 e. The second-order valence-electron chi connectivity index (χ2n) is 2.71. The Kier molecular flexibility index (Phi) is 22.4. The predicted molar refractivity (Wildman–Crippen MR) is 69.9 cm³/mol. The maximum atomic E-state index is 5.34. The summed E-state index contributed by atoms with van der Waals surface area (Å²) in [5.74, 6) is 0. The van der Waals surface area contributed by atoms with Crippen molar-refractivity contribution >= 4 is 23.3 Å². The molecule has 0 aromatic heterocycles. The van der Waals surface area contributed by atoms with E-state index in [0.717, 1.165) is 6.61 Å². The molecule has 3 heteroatoms. The third-order valence-corrected chi connectivity index (χ3v) is 1.42. The minimum atomic E-state index is 0.194. The summed E-state index contributed by atoms with van der Waals surface area (Å²) in [6, 6.07) is 0. The lowest BCUT2D eigenvalue weighted by molar-refractivity contribution is 0.0367. The van der Waals surface area contributed by atoms with Gasteiger partial charge in [-0.1, -0.05) is 27.7 Å². The van der Waals surface area contributed by atoms with Gasteiger partial charge in [-0.25, -0.2) is 0 Å². The minimum Gasteiger partial charge on any atom is -0.376 e. The first-order valence-corrected chi connectivity index (χ1v) is 6.65. The largest absolute Gasteiger partial charge is 0.376 e. The molecule has 0 amide bonds. The standard InChI is InChI=1S/C6H12O.2C2H6.H2S2/c1-6(2)4-3-5-7-6;3*1-2/h3-5H2,1-2H3;2*1-2H3;1-2H. The van der Waals surface area contributed by atoms with E-state index in [4.69, 9.17) is 4.74 Å². The highest BCUT2D eigenvalue weighted by molar-refractivity contribution is 8.59. The van der Waals surface area contributed by atoms with Crippen LogP contribution >= 0.6 is 23.3 Å². The Balaban J connectivity index is -0.000000144. The van der Waals surface area contributed by atoms with Crippen molar-refractivity contribution in [2.24, 2.45) is 0 Å². The first kappa shape index (κ1) is 19.3. The zero-order chi connectivity index (χ0) is 11.3. The highest BCUT2D eigenvalue weighted by Gasteiger charge is 2.22. The fraction of sp³-hybridized carbons (Fsp3) is 1.00. The molecule has 1 fully saturated rings. The van der Waals surface area contributed by atoms with E-state index < -0.39 is 0 Å². The molecule has 0 aliphatic carbocycles. The normalized spacial score (nSPS) is 16.6. The smallest absolute Gasteiger partial charge is 0.0627 e. The van der Waals surface area contributed by atoms with E-state index in [9.17, 15) is 0 Å². The number of hydrogen-bond acceptors (Lipinski definition) is 3. The SMILES string of the molecule is CC.CC.CC1(C)CCCO1.SS. The molecule has 1 heterocycles. The van der Waals surface area contributed by atoms with Gasteiger partial charge in [0.2, 0.25) is 0 Å². The highest BCUT2D eigenvalue weighted by atomic mass is 33.1. The van der Waals surface area contributed by atoms with Crippen LogP contribution in [0.25, 0.3) is 0 Å². The van der Waals surface area contributed by atoms with Gasteiger partial charge in [0.05, 0.1) is 5.60 Å². The van der Waals surface area contributed by atoms with Gasteiger partial charge in [0.25, 0.3) is 0 Å². The zero-order valence-electron chi connectivity index (χ0n) is 9.92. The Hall–Kier alpha value is 0.660. The summed E-state index contributed by atoms with van der Waals surface area (Å²) in [5, 5.41) is 0. The topological polar surface area (TPSA) is 9.23 Å². The molecule has 1 rings (SSSR count). The van der Waals surface area contributed by atoms with Gasteiger partial charge < -0.3 is 4.74 Å². The summed E-state index contributed by atoms with van der Waals surface area (Å²) in [4.78, 5) is 0. The number of hydrogen-bond donors (Lipinski definition) is 2. The van der Waals surface area contributed by atoms with Crippen LogP contribution in [0.5, 0.6) is 0 Å². The molecule has 0 aromatic carbocycles. The van der Waals surface area contributed by atoms with Gasteiger partial charge in [-0.3, -0.25) is 0 Å². The van der Waals surface area contributed by atoms with Crippen LogP contribution in [0.1, 0.15) is 54.4 Å². The van der Waals surface area contributed by atoms with E-state index >= 15 is 0 Å². The molecule has 0 saturated carbocycles. The molecule has 1 nitrogen and oxygen atoms in total. The summed E-state index contributed by atoms with van der Waals surface area (Å²) in [5.41, 5.74) is 0.194. The van der Waals surface area contributed by atoms with Crippen molar-refractivity contribution in [3.05, 3.63) is 0 Å². The van der Waals surface area contributed by atoms with Crippen LogP contribution in [0.2, 0.25) is 0 Å². The zero-order valence-corrected chi connectivity index (χ0v) is 11.7. The van der Waals surface area contributed by atoms with E-state index in [-0.39, 0.29) is 5.60 Å². The molecule has 0 aromatic rings. The fourth-order valence-electron chi connectivity index (χ4n) is 0.919. The Bertz CT molecular complexity index is 67.3. The van der Waals surface area contributed by atoms with Gasteiger partial charge in [-0.15, -0.1) is 23.3 Å². The molecule has 0 N–H and O–H groups in total. The Morgan fingerprint density at radius 2 is 1.38 bits per heavy atom. The van der Waals surface area contributed by atoms with E-state index in [1.54, 1.807) is 0 Å². The molecule has 0 spiro atoms. The Labute approximate surface area is 94.9 Å². The molecule has 1 aliphatic rings. The summed E-state index contributed by atoms with van der Waals surface area (Å²) < 4.78 is 5.34. The van der Waals surface area contributed by atoms with Gasteiger partial charge in [0, 0.05) is 6.61 Å². The predicted octanol–water partition coefficient (Wildman–Crippen LogP) is 4.39. The van der Waals surface area contributed by atoms with Crippen molar-refractivity contribution in [2.45, 2.75) is 60.0 Å². The van der Waals surface area contributed by atoms with Crippen LogP contribution in [0.4, 0.5) is 0 Å². The minimum absolute atomic E-state index is 0.194. The summed E-state index contributed by atoms with van der Waals surface area (Å²) >= 11 is 6.44. The van der Waals surface area contributed by atoms with Crippen molar-refractivity contribution in [2.75, 3.05) is 6.61 Å². The summed E-state index contributed by atoms with van der Waals surface area (Å²) in [7, 11) is 0. The van der Waals surface area contributed by atoms with E-state index in [1.807, 2.05) is 27.7 Å². The summed E-state index contributed by atoms with van der Waals surface area (Å²) in [6.45, 7) is 13.2. The molecular formula is C10H26OS2. The molecule has 0 atom stereocenters. The second-order valence-corrected chi connectivity index (χ2v) is 2.71. The molecular weight excluding hydrogens is 200 g/mol. The number of rotatable bonds is 0. The van der Waals surface area contributed by atoms with Crippen LogP contribution in [-0.2, 0) is 4.74 Å². The van der Waals surface area contributed by atoms with Gasteiger partial charge in [0.15, 0.2) is 0 Å². The molecule has 84 valence electrons. The van der Waals surface area contributed by atoms with Gasteiger partial charge >= 0.3 is 0 Å². The molecule has 13 heavy (non-hydrogen) atoms. The van der Waals surface area contributed by atoms with E-state index in [0.29, 0.717) is 0 Å². The third kappa shape index (κ3) is 15.4. The van der Waals surface area contributed by atoms with Crippen molar-refractivity contribution in [3.63, 3.8) is 0 Å². The lowest BCUT2D eigenvalue weighted by Crippen LogP contribution is -2.15. The number of thiol groups is 2. The first-order valence-electron chi connectivity index (χ1n) is 5.05. The molecule has 1 saturated heterocycles. The van der Waals surface area contributed by atoms with Crippen LogP contribution in [0.3, 0.4) is 0 Å². The van der Waals surface area contributed by atoms with Crippen molar-refractivity contribution < 1.29 is 4.74 Å². The lowest BCUT2D eigenvalue weighted by Gasteiger charge is -2.14. The average molecular weight is 226 g/mol. The van der Waals surface area contributed by atoms with E-state index in [1.165, 1.54) is 12.8 Å². The molecule has 1 aliphatic heterocycles. The van der Waals surface area contributed by atoms with Gasteiger partial charge in [-0.2, -0.15) is 0 Å². The highest BCUT2D eigenvalue weighted by Crippen LogP contribution is 2.22. The van der Waals surface area contributed by atoms with Crippen molar-refractivity contribution in [3.8, 4) is 0 Å². The van der Waals surface area contributed by atoms with Gasteiger partial charge in [0.1, 0.15) is 0 Å². The van der Waals surface area contributed by atoms with Crippen LogP contribution in [0, 0.1) is 0 Å². The average Bonchev–Trinajstić information content (AvgIpc) is 2.60. The number of ether oxygens (including phenoxy) is 1. The molecule has 0 bridgehead atoms. The second kappa shape index (κ2) is 15.1. The van der Waals surface area contributed by atoms with Gasteiger partial charge in [-0.05, 0) is 26.7 Å². The first-order chi connectivity index (χ1) is 6.21. The Morgan fingerprint density at radius 3 is 1.46 bits per heavy atom. The van der Waals surface area contributed by atoms with Crippen molar-refractivity contribution in [1.82, 2.24) is 0 Å². The van der Waals surface area contributed by atoms with E-state index in [2.05, 4.69) is 37.2 Å². The third-order valence-electron chi connectivity index (χ3n) is 1.42.